The van der Waals surface area contributed by atoms with Gasteiger partial charge in [0, 0.05) is 4.47 Å². The first-order valence-electron chi connectivity index (χ1n) is 7.74. The van der Waals surface area contributed by atoms with Crippen molar-refractivity contribution in [3.8, 4) is 0 Å². The summed E-state index contributed by atoms with van der Waals surface area (Å²) in [5.41, 5.74) is 0. The lowest BCUT2D eigenvalue weighted by molar-refractivity contribution is 1.76. The summed E-state index contributed by atoms with van der Waals surface area (Å²) in [6.45, 7) is 0. The smallest absolute Gasteiger partial charge is 0.0332 e. The molecule has 0 saturated carbocycles. The quantitative estimate of drug-likeness (QED) is 0.206. The molecule has 0 aliphatic heterocycles. The first-order valence-corrected chi connectivity index (χ1v) is 8.54. The molecule has 0 unspecified atom stereocenters. The highest BCUT2D eigenvalue weighted by molar-refractivity contribution is 9.10. The fourth-order valence-electron chi connectivity index (χ4n) is 3.57. The van der Waals surface area contributed by atoms with Crippen LogP contribution in [-0.4, -0.2) is 0 Å². The maximum atomic E-state index is 3.85. The van der Waals surface area contributed by atoms with Gasteiger partial charge in [-0.1, -0.05) is 72.8 Å². The van der Waals surface area contributed by atoms with Crippen molar-refractivity contribution in [2.45, 2.75) is 0 Å². The summed E-state index contributed by atoms with van der Waals surface area (Å²) < 4.78 is 1.18. The molecule has 1 heteroatoms. The zero-order valence-electron chi connectivity index (χ0n) is 12.4. The topological polar surface area (TPSA) is 0 Å². The van der Waals surface area contributed by atoms with E-state index in [1.54, 1.807) is 0 Å². The van der Waals surface area contributed by atoms with Gasteiger partial charge in [0.25, 0.3) is 0 Å². The Morgan fingerprint density at radius 1 is 0.435 bits per heavy atom. The molecule has 0 spiro atoms. The zero-order valence-corrected chi connectivity index (χ0v) is 14.0. The van der Waals surface area contributed by atoms with Crippen molar-refractivity contribution in [3.63, 3.8) is 0 Å². The van der Waals surface area contributed by atoms with E-state index in [-0.39, 0.29) is 0 Å². The van der Waals surface area contributed by atoms with Gasteiger partial charge in [-0.15, -0.1) is 0 Å². The summed E-state index contributed by atoms with van der Waals surface area (Å²) in [5, 5.41) is 10.3. The van der Waals surface area contributed by atoms with E-state index in [2.05, 4.69) is 94.8 Å². The average molecular weight is 357 g/mol. The largest absolute Gasteiger partial charge is 0.0616 e. The van der Waals surface area contributed by atoms with E-state index in [9.17, 15) is 0 Å². The van der Waals surface area contributed by atoms with Crippen molar-refractivity contribution in [3.05, 3.63) is 83.3 Å². The van der Waals surface area contributed by atoms with Crippen molar-refractivity contribution in [1.82, 2.24) is 0 Å². The minimum absolute atomic E-state index is 1.18. The second-order valence-corrected chi connectivity index (χ2v) is 6.75. The fraction of sp³-hybridized carbons (Fsp3) is 0. The second-order valence-electron chi connectivity index (χ2n) is 5.95. The van der Waals surface area contributed by atoms with Crippen LogP contribution in [0, 0.1) is 0 Å². The molecule has 0 saturated heterocycles. The van der Waals surface area contributed by atoms with Gasteiger partial charge in [0.15, 0.2) is 0 Å². The van der Waals surface area contributed by atoms with E-state index in [1.165, 1.54) is 47.6 Å². The molecule has 0 heterocycles. The van der Waals surface area contributed by atoms with Gasteiger partial charge >= 0.3 is 0 Å². The highest BCUT2D eigenvalue weighted by Crippen LogP contribution is 2.38. The molecule has 0 N–H and O–H groups in total. The standard InChI is InChI=1S/C22H13Br/c23-22-18-11-9-14-5-1-3-7-16(14)20(18)13-21-17-8-4-2-6-15(17)10-12-19(21)22/h1-13H. The maximum absolute atomic E-state index is 3.85. The molecule has 0 aliphatic rings. The lowest BCUT2D eigenvalue weighted by atomic mass is 9.95. The fourth-order valence-corrected chi connectivity index (χ4v) is 4.27. The van der Waals surface area contributed by atoms with Gasteiger partial charge in [-0.2, -0.15) is 0 Å². The monoisotopic (exact) mass is 356 g/mol. The molecule has 0 radical (unpaired) electrons. The van der Waals surface area contributed by atoms with Crippen molar-refractivity contribution < 1.29 is 0 Å². The first-order chi connectivity index (χ1) is 11.3. The van der Waals surface area contributed by atoms with Crippen LogP contribution in [0.1, 0.15) is 0 Å². The number of benzene rings is 5. The van der Waals surface area contributed by atoms with Crippen LogP contribution in [0.5, 0.6) is 0 Å². The summed E-state index contributed by atoms with van der Waals surface area (Å²) >= 11 is 3.85. The predicted molar refractivity (Wildman–Crippen MR) is 104 cm³/mol. The molecule has 5 aromatic rings. The highest BCUT2D eigenvalue weighted by Gasteiger charge is 2.10. The van der Waals surface area contributed by atoms with Gasteiger partial charge < -0.3 is 0 Å². The lowest BCUT2D eigenvalue weighted by Crippen LogP contribution is -1.84. The van der Waals surface area contributed by atoms with Crippen molar-refractivity contribution >= 4 is 59.0 Å². The zero-order chi connectivity index (χ0) is 15.4. The van der Waals surface area contributed by atoms with Gasteiger partial charge in [-0.25, -0.2) is 0 Å². The molecule has 0 bridgehead atoms. The molecule has 0 fully saturated rings. The Bertz CT molecular complexity index is 1120. The summed E-state index contributed by atoms with van der Waals surface area (Å²) in [5.74, 6) is 0. The Morgan fingerprint density at radius 2 is 0.913 bits per heavy atom. The molecular formula is C22H13Br. The summed E-state index contributed by atoms with van der Waals surface area (Å²) in [7, 11) is 0. The highest BCUT2D eigenvalue weighted by atomic mass is 79.9. The number of fused-ring (bicyclic) bond motifs is 6. The normalized spacial score (nSPS) is 11.7. The van der Waals surface area contributed by atoms with Gasteiger partial charge in [0.2, 0.25) is 0 Å². The van der Waals surface area contributed by atoms with Crippen molar-refractivity contribution in [2.75, 3.05) is 0 Å². The molecule has 5 aromatic carbocycles. The molecule has 23 heavy (non-hydrogen) atoms. The van der Waals surface area contributed by atoms with Gasteiger partial charge in [-0.05, 0) is 65.1 Å². The lowest BCUT2D eigenvalue weighted by Gasteiger charge is -2.11. The number of halogens is 1. The van der Waals surface area contributed by atoms with Gasteiger partial charge in [0.1, 0.15) is 0 Å². The van der Waals surface area contributed by atoms with Crippen molar-refractivity contribution in [1.29, 1.82) is 0 Å². The Morgan fingerprint density at radius 3 is 1.43 bits per heavy atom. The van der Waals surface area contributed by atoms with Crippen LogP contribution in [0.3, 0.4) is 0 Å². The third-order valence-corrected chi connectivity index (χ3v) is 5.56. The molecule has 0 aliphatic carbocycles. The molecule has 108 valence electrons. The summed E-state index contributed by atoms with van der Waals surface area (Å²) in [6.07, 6.45) is 0. The van der Waals surface area contributed by atoms with Crippen molar-refractivity contribution in [2.24, 2.45) is 0 Å². The van der Waals surface area contributed by atoms with Gasteiger partial charge in [-0.3, -0.25) is 0 Å². The maximum Gasteiger partial charge on any atom is 0.0332 e. The molecule has 5 rings (SSSR count). The van der Waals surface area contributed by atoms with E-state index in [0.29, 0.717) is 0 Å². The van der Waals surface area contributed by atoms with Crippen LogP contribution in [-0.2, 0) is 0 Å². The summed E-state index contributed by atoms with van der Waals surface area (Å²) in [6, 6.07) is 28.4. The van der Waals surface area contributed by atoms with E-state index in [1.807, 2.05) is 0 Å². The van der Waals surface area contributed by atoms with Crippen LogP contribution < -0.4 is 0 Å². The molecule has 0 aromatic heterocycles. The van der Waals surface area contributed by atoms with E-state index in [0.717, 1.165) is 0 Å². The number of hydrogen-bond donors (Lipinski definition) is 0. The molecule has 0 atom stereocenters. The van der Waals surface area contributed by atoms with Crippen LogP contribution in [0.15, 0.2) is 83.3 Å². The second kappa shape index (κ2) is 4.81. The molecule has 0 nitrogen and oxygen atoms in total. The average Bonchev–Trinajstić information content (AvgIpc) is 2.61. The third kappa shape index (κ3) is 1.83. The van der Waals surface area contributed by atoms with E-state index >= 15 is 0 Å². The Labute approximate surface area is 142 Å². The SMILES string of the molecule is Brc1c2ccc3ccccc3c2cc2c1ccc1ccccc12. The van der Waals surface area contributed by atoms with Crippen LogP contribution in [0.4, 0.5) is 0 Å². The molecular weight excluding hydrogens is 344 g/mol. The minimum Gasteiger partial charge on any atom is -0.0616 e. The van der Waals surface area contributed by atoms with Crippen LogP contribution in [0.2, 0.25) is 0 Å². The summed E-state index contributed by atoms with van der Waals surface area (Å²) in [4.78, 5) is 0. The Balaban J connectivity index is 2.10. The van der Waals surface area contributed by atoms with Crippen LogP contribution in [0.25, 0.3) is 43.1 Å². The third-order valence-electron chi connectivity index (χ3n) is 4.70. The Hall–Kier alpha value is -2.38. The first kappa shape index (κ1) is 13.1. The Kier molecular flexibility index (Phi) is 2.74. The van der Waals surface area contributed by atoms with Crippen LogP contribution >= 0.6 is 15.9 Å². The van der Waals surface area contributed by atoms with Gasteiger partial charge in [0.05, 0.1) is 0 Å². The van der Waals surface area contributed by atoms with E-state index < -0.39 is 0 Å². The minimum atomic E-state index is 1.18. The number of hydrogen-bond acceptors (Lipinski definition) is 0. The predicted octanol–water partition coefficient (Wildman–Crippen LogP) is 7.06. The molecule has 0 amide bonds. The van der Waals surface area contributed by atoms with E-state index in [4.69, 9.17) is 0 Å². The number of rotatable bonds is 0.